The number of rotatable bonds is 7. The van der Waals surface area contributed by atoms with Crippen LogP contribution in [-0.2, 0) is 11.3 Å². The van der Waals surface area contributed by atoms with E-state index in [1.54, 1.807) is 24.0 Å². The number of nitrogens with one attached hydrogen (secondary N) is 1. The Morgan fingerprint density at radius 1 is 1.23 bits per heavy atom. The highest BCUT2D eigenvalue weighted by molar-refractivity contribution is 6.04. The van der Waals surface area contributed by atoms with E-state index in [9.17, 15) is 9.59 Å². The first-order valence-corrected chi connectivity index (χ1v) is 8.67. The lowest BCUT2D eigenvalue weighted by Crippen LogP contribution is -2.27. The summed E-state index contributed by atoms with van der Waals surface area (Å²) in [6.07, 6.45) is 1.52. The van der Waals surface area contributed by atoms with Gasteiger partial charge in [0, 0.05) is 38.0 Å². The predicted octanol–water partition coefficient (Wildman–Crippen LogP) is 3.49. The number of benzene rings is 1. The molecule has 0 fully saturated rings. The summed E-state index contributed by atoms with van der Waals surface area (Å²) in [7, 11) is 0. The van der Waals surface area contributed by atoms with Crippen molar-refractivity contribution in [2.45, 2.75) is 40.3 Å². The van der Waals surface area contributed by atoms with Crippen molar-refractivity contribution in [2.75, 3.05) is 11.9 Å². The Kier molecular flexibility index (Phi) is 6.72. The summed E-state index contributed by atoms with van der Waals surface area (Å²) in [6.45, 7) is 8.48. The second kappa shape index (κ2) is 8.99. The molecule has 0 aliphatic rings. The number of ether oxygens (including phenoxy) is 1. The Morgan fingerprint density at radius 2 is 2.00 bits per heavy atom. The Bertz CT molecular complexity index is 757. The van der Waals surface area contributed by atoms with Gasteiger partial charge in [-0.3, -0.25) is 9.59 Å². The molecule has 2 aromatic rings. The van der Waals surface area contributed by atoms with Crippen LogP contribution in [0.25, 0.3) is 0 Å². The lowest BCUT2D eigenvalue weighted by molar-refractivity contribution is -0.129. The Balaban J connectivity index is 2.04. The van der Waals surface area contributed by atoms with Gasteiger partial charge < -0.3 is 15.0 Å². The predicted molar refractivity (Wildman–Crippen MR) is 101 cm³/mol. The van der Waals surface area contributed by atoms with Gasteiger partial charge in [0.25, 0.3) is 5.91 Å². The zero-order valence-electron chi connectivity index (χ0n) is 15.7. The molecule has 0 unspecified atom stereocenters. The highest BCUT2D eigenvalue weighted by Crippen LogP contribution is 2.15. The summed E-state index contributed by atoms with van der Waals surface area (Å²) in [5, 5.41) is 2.86. The minimum Gasteiger partial charge on any atom is -0.475 e. The van der Waals surface area contributed by atoms with Crippen LogP contribution in [0.5, 0.6) is 5.88 Å². The van der Waals surface area contributed by atoms with Crippen molar-refractivity contribution in [3.8, 4) is 5.88 Å². The molecule has 26 heavy (non-hydrogen) atoms. The lowest BCUT2D eigenvalue weighted by atomic mass is 10.1. The zero-order chi connectivity index (χ0) is 19.1. The lowest BCUT2D eigenvalue weighted by Gasteiger charge is -2.19. The Hall–Kier alpha value is -2.89. The summed E-state index contributed by atoms with van der Waals surface area (Å²) in [5.74, 6) is 0.267. The highest BCUT2D eigenvalue weighted by Gasteiger charge is 2.10. The first kappa shape index (κ1) is 19.4. The fourth-order valence-electron chi connectivity index (χ4n) is 2.44. The van der Waals surface area contributed by atoms with Gasteiger partial charge in [-0.05, 0) is 44.5 Å². The molecular formula is C20H25N3O3. The van der Waals surface area contributed by atoms with E-state index >= 15 is 0 Å². The molecule has 6 heteroatoms. The molecule has 6 nitrogen and oxygen atoms in total. The van der Waals surface area contributed by atoms with Crippen LogP contribution < -0.4 is 10.1 Å². The van der Waals surface area contributed by atoms with Crippen molar-refractivity contribution in [3.63, 3.8) is 0 Å². The molecule has 1 heterocycles. The first-order valence-electron chi connectivity index (χ1n) is 8.67. The van der Waals surface area contributed by atoms with Crippen LogP contribution in [0.1, 0.15) is 43.6 Å². The van der Waals surface area contributed by atoms with E-state index in [1.165, 1.54) is 6.20 Å². The van der Waals surface area contributed by atoms with Gasteiger partial charge in [0.1, 0.15) is 0 Å². The molecule has 0 bridgehead atoms. The standard InChI is InChI=1S/C20H25N3O3/c1-5-23(15(4)24)13-16-7-6-8-18(11-16)22-20(25)17-9-10-19(21-12-17)26-14(2)3/h6-12,14H,5,13H2,1-4H3,(H,22,25). The van der Waals surface area contributed by atoms with E-state index < -0.39 is 0 Å². The largest absolute Gasteiger partial charge is 0.475 e. The summed E-state index contributed by atoms with van der Waals surface area (Å²) < 4.78 is 5.47. The van der Waals surface area contributed by atoms with Crippen LogP contribution in [0.4, 0.5) is 5.69 Å². The maximum Gasteiger partial charge on any atom is 0.257 e. The number of hydrogen-bond donors (Lipinski definition) is 1. The van der Waals surface area contributed by atoms with Gasteiger partial charge in [0.05, 0.1) is 11.7 Å². The van der Waals surface area contributed by atoms with Gasteiger partial charge >= 0.3 is 0 Å². The van der Waals surface area contributed by atoms with Crippen LogP contribution in [0.3, 0.4) is 0 Å². The minimum absolute atomic E-state index is 0.0247. The maximum absolute atomic E-state index is 12.4. The van der Waals surface area contributed by atoms with Crippen molar-refractivity contribution in [1.29, 1.82) is 0 Å². The summed E-state index contributed by atoms with van der Waals surface area (Å²) in [6, 6.07) is 10.8. The number of carbonyl (C=O) groups is 2. The van der Waals surface area contributed by atoms with Gasteiger partial charge in [0.2, 0.25) is 11.8 Å². The molecule has 0 radical (unpaired) electrons. The minimum atomic E-state index is -0.246. The molecule has 2 rings (SSSR count). The average Bonchev–Trinajstić information content (AvgIpc) is 2.59. The normalized spacial score (nSPS) is 10.5. The number of amides is 2. The molecule has 0 spiro atoms. The molecule has 1 aromatic heterocycles. The third kappa shape index (κ3) is 5.58. The molecule has 0 aliphatic heterocycles. The van der Waals surface area contributed by atoms with Crippen molar-refractivity contribution >= 4 is 17.5 Å². The fourth-order valence-corrected chi connectivity index (χ4v) is 2.44. The molecule has 138 valence electrons. The third-order valence-electron chi connectivity index (χ3n) is 3.74. The second-order valence-electron chi connectivity index (χ2n) is 6.24. The van der Waals surface area contributed by atoms with Crippen molar-refractivity contribution in [1.82, 2.24) is 9.88 Å². The van der Waals surface area contributed by atoms with E-state index in [0.29, 0.717) is 30.2 Å². The number of hydrogen-bond acceptors (Lipinski definition) is 4. The first-order chi connectivity index (χ1) is 12.4. The van der Waals surface area contributed by atoms with E-state index in [0.717, 1.165) is 5.56 Å². The van der Waals surface area contributed by atoms with Crippen LogP contribution in [0.15, 0.2) is 42.6 Å². The zero-order valence-corrected chi connectivity index (χ0v) is 15.7. The van der Waals surface area contributed by atoms with E-state index in [1.807, 2.05) is 45.0 Å². The van der Waals surface area contributed by atoms with E-state index in [2.05, 4.69) is 10.3 Å². The van der Waals surface area contributed by atoms with Crippen LogP contribution in [-0.4, -0.2) is 34.3 Å². The number of carbonyl (C=O) groups excluding carboxylic acids is 2. The average molecular weight is 355 g/mol. The Morgan fingerprint density at radius 3 is 2.58 bits per heavy atom. The summed E-state index contributed by atoms with van der Waals surface area (Å²) in [4.78, 5) is 29.8. The van der Waals surface area contributed by atoms with E-state index in [-0.39, 0.29) is 17.9 Å². The number of nitrogens with zero attached hydrogens (tertiary/aromatic N) is 2. The molecule has 0 saturated carbocycles. The second-order valence-corrected chi connectivity index (χ2v) is 6.24. The molecule has 1 aromatic carbocycles. The Labute approximate surface area is 154 Å². The van der Waals surface area contributed by atoms with Crippen molar-refractivity contribution in [2.24, 2.45) is 0 Å². The maximum atomic E-state index is 12.4. The highest BCUT2D eigenvalue weighted by atomic mass is 16.5. The quantitative estimate of drug-likeness (QED) is 0.825. The fraction of sp³-hybridized carbons (Fsp3) is 0.350. The van der Waals surface area contributed by atoms with Gasteiger partial charge in [-0.15, -0.1) is 0 Å². The van der Waals surface area contributed by atoms with Crippen molar-refractivity contribution < 1.29 is 14.3 Å². The number of anilines is 1. The van der Waals surface area contributed by atoms with Crippen LogP contribution in [0.2, 0.25) is 0 Å². The summed E-state index contributed by atoms with van der Waals surface area (Å²) >= 11 is 0. The molecule has 0 saturated heterocycles. The van der Waals surface area contributed by atoms with E-state index in [4.69, 9.17) is 4.74 Å². The van der Waals surface area contributed by atoms with Gasteiger partial charge in [-0.2, -0.15) is 0 Å². The monoisotopic (exact) mass is 355 g/mol. The van der Waals surface area contributed by atoms with Crippen LogP contribution in [0, 0.1) is 0 Å². The number of aromatic nitrogens is 1. The SMILES string of the molecule is CCN(Cc1cccc(NC(=O)c2ccc(OC(C)C)nc2)c1)C(C)=O. The van der Waals surface area contributed by atoms with Gasteiger partial charge in [0.15, 0.2) is 0 Å². The summed E-state index contributed by atoms with van der Waals surface area (Å²) in [5.41, 5.74) is 2.08. The molecule has 1 N–H and O–H groups in total. The number of pyridine rings is 1. The molecule has 0 atom stereocenters. The molecular weight excluding hydrogens is 330 g/mol. The van der Waals surface area contributed by atoms with Crippen LogP contribution >= 0.6 is 0 Å². The van der Waals surface area contributed by atoms with Gasteiger partial charge in [-0.25, -0.2) is 4.98 Å². The third-order valence-corrected chi connectivity index (χ3v) is 3.74. The smallest absolute Gasteiger partial charge is 0.257 e. The molecule has 2 amide bonds. The molecule has 0 aliphatic carbocycles. The van der Waals surface area contributed by atoms with Crippen molar-refractivity contribution in [3.05, 3.63) is 53.7 Å². The van der Waals surface area contributed by atoms with Gasteiger partial charge in [-0.1, -0.05) is 12.1 Å². The topological polar surface area (TPSA) is 71.5 Å².